The molecule has 2 heterocycles. The van der Waals surface area contributed by atoms with Gasteiger partial charge in [-0.3, -0.25) is 14.6 Å². The molecule has 0 saturated carbocycles. The van der Waals surface area contributed by atoms with E-state index in [0.29, 0.717) is 11.4 Å². The number of fused-ring (bicyclic) bond motifs is 1. The Morgan fingerprint density at radius 1 is 0.923 bits per heavy atom. The third-order valence-corrected chi connectivity index (χ3v) is 4.76. The summed E-state index contributed by atoms with van der Waals surface area (Å²) < 4.78 is 0. The topological polar surface area (TPSA) is 126 Å². The Labute approximate surface area is 156 Å². The van der Waals surface area contributed by atoms with Crippen molar-refractivity contribution in [3.05, 3.63) is 36.5 Å². The molecule has 3 aromatic rings. The summed E-state index contributed by atoms with van der Waals surface area (Å²) >= 11 is 1.89. The molecule has 0 saturated heterocycles. The highest BCUT2D eigenvalue weighted by Gasteiger charge is 2.13. The molecule has 0 aliphatic carbocycles. The lowest BCUT2D eigenvalue weighted by molar-refractivity contribution is -0.134. The van der Waals surface area contributed by atoms with Gasteiger partial charge < -0.3 is 10.2 Å². The highest BCUT2D eigenvalue weighted by atomic mass is 32.2. The number of hydrogen-bond donors (Lipinski definition) is 2. The van der Waals surface area contributed by atoms with E-state index in [9.17, 15) is 9.59 Å². The number of rotatable bonds is 7. The van der Waals surface area contributed by atoms with Crippen molar-refractivity contribution < 1.29 is 19.8 Å². The van der Waals surface area contributed by atoms with Crippen molar-refractivity contribution in [1.29, 1.82) is 0 Å². The molecule has 0 fully saturated rings. The normalized spacial score (nSPS) is 10.8. The molecule has 2 N–H and O–H groups in total. The zero-order chi connectivity index (χ0) is 18.5. The van der Waals surface area contributed by atoms with E-state index in [-0.39, 0.29) is 21.8 Å². The number of carbonyl (C=O) groups is 2. The van der Waals surface area contributed by atoms with Gasteiger partial charge in [0.05, 0.1) is 17.0 Å². The van der Waals surface area contributed by atoms with Crippen LogP contribution in [0, 0.1) is 0 Å². The molecule has 26 heavy (non-hydrogen) atoms. The molecule has 2 aromatic heterocycles. The first-order valence-corrected chi connectivity index (χ1v) is 9.29. The van der Waals surface area contributed by atoms with E-state index in [1.807, 2.05) is 30.3 Å². The first kappa shape index (κ1) is 18.1. The van der Waals surface area contributed by atoms with E-state index in [1.165, 1.54) is 0 Å². The van der Waals surface area contributed by atoms with Gasteiger partial charge in [0.1, 0.15) is 0 Å². The Morgan fingerprint density at radius 2 is 1.54 bits per heavy atom. The van der Waals surface area contributed by atoms with Crippen LogP contribution in [-0.2, 0) is 9.59 Å². The van der Waals surface area contributed by atoms with Crippen LogP contribution >= 0.6 is 23.5 Å². The fraction of sp³-hybridized carbons (Fsp3) is 0.125. The van der Waals surface area contributed by atoms with E-state index in [0.717, 1.165) is 34.4 Å². The van der Waals surface area contributed by atoms with Crippen LogP contribution < -0.4 is 0 Å². The quantitative estimate of drug-likeness (QED) is 0.583. The molecule has 3 rings (SSSR count). The standard InChI is InChI=1S/C16H12N4O4S2/c21-12(22)7-25-15-18-14(19-16(20-15)26-8-13(23)24)10-5-9-3-1-2-4-11(9)17-6-10/h1-6H,7-8H2,(H,21,22)(H,23,24). The second kappa shape index (κ2) is 8.11. The number of para-hydroxylation sites is 1. The zero-order valence-electron chi connectivity index (χ0n) is 13.2. The highest BCUT2D eigenvalue weighted by Crippen LogP contribution is 2.25. The van der Waals surface area contributed by atoms with E-state index in [2.05, 4.69) is 19.9 Å². The molecule has 0 aliphatic rings. The largest absolute Gasteiger partial charge is 0.481 e. The molecule has 0 bridgehead atoms. The Morgan fingerprint density at radius 3 is 2.15 bits per heavy atom. The number of carboxylic acids is 2. The third kappa shape index (κ3) is 4.67. The fourth-order valence-electron chi connectivity index (χ4n) is 2.04. The van der Waals surface area contributed by atoms with E-state index >= 15 is 0 Å². The summed E-state index contributed by atoms with van der Waals surface area (Å²) in [4.78, 5) is 38.6. The van der Waals surface area contributed by atoms with Crippen molar-refractivity contribution in [2.75, 3.05) is 11.5 Å². The van der Waals surface area contributed by atoms with Crippen molar-refractivity contribution in [3.8, 4) is 11.4 Å². The molecule has 0 aliphatic heterocycles. The summed E-state index contributed by atoms with van der Waals surface area (Å²) in [6.07, 6.45) is 1.62. The van der Waals surface area contributed by atoms with Crippen molar-refractivity contribution in [1.82, 2.24) is 19.9 Å². The SMILES string of the molecule is O=C(O)CSc1nc(SCC(=O)O)nc(-c2cnc3ccccc3c2)n1. The first-order chi connectivity index (χ1) is 12.5. The van der Waals surface area contributed by atoms with Gasteiger partial charge in [0.15, 0.2) is 16.1 Å². The molecule has 1 aromatic carbocycles. The van der Waals surface area contributed by atoms with Gasteiger partial charge in [-0.2, -0.15) is 4.98 Å². The second-order valence-electron chi connectivity index (χ2n) is 5.01. The average Bonchev–Trinajstić information content (AvgIpc) is 2.64. The molecule has 0 spiro atoms. The second-order valence-corrected chi connectivity index (χ2v) is 6.89. The van der Waals surface area contributed by atoms with E-state index in [4.69, 9.17) is 10.2 Å². The van der Waals surface area contributed by atoms with Gasteiger partial charge in [-0.05, 0) is 12.1 Å². The number of benzene rings is 1. The van der Waals surface area contributed by atoms with E-state index in [1.54, 1.807) is 6.20 Å². The minimum atomic E-state index is -0.996. The van der Waals surface area contributed by atoms with Gasteiger partial charge in [0.2, 0.25) is 0 Å². The minimum Gasteiger partial charge on any atom is -0.481 e. The molecule has 132 valence electrons. The molecular weight excluding hydrogens is 376 g/mol. The predicted molar refractivity (Wildman–Crippen MR) is 97.3 cm³/mol. The molecule has 10 heteroatoms. The molecule has 0 amide bonds. The number of thioether (sulfide) groups is 2. The van der Waals surface area contributed by atoms with Crippen LogP contribution in [0.5, 0.6) is 0 Å². The summed E-state index contributed by atoms with van der Waals surface area (Å²) in [5.41, 5.74) is 1.46. The number of aliphatic carboxylic acids is 2. The minimum absolute atomic E-state index is 0.206. The lowest BCUT2D eigenvalue weighted by Crippen LogP contribution is -2.04. The summed E-state index contributed by atoms with van der Waals surface area (Å²) in [5.74, 6) is -2.09. The third-order valence-electron chi connectivity index (χ3n) is 3.09. The van der Waals surface area contributed by atoms with Gasteiger partial charge in [0, 0.05) is 17.1 Å². The molecule has 0 unspecified atom stereocenters. The highest BCUT2D eigenvalue weighted by molar-refractivity contribution is 8.00. The Balaban J connectivity index is 1.99. The Hall–Kier alpha value is -2.72. The number of pyridine rings is 1. The van der Waals surface area contributed by atoms with E-state index < -0.39 is 11.9 Å². The number of carboxylic acid groups (broad SMARTS) is 2. The van der Waals surface area contributed by atoms with Gasteiger partial charge in [-0.25, -0.2) is 9.97 Å². The maximum absolute atomic E-state index is 10.8. The molecular formula is C16H12N4O4S2. The number of hydrogen-bond acceptors (Lipinski definition) is 8. The number of aromatic nitrogens is 4. The van der Waals surface area contributed by atoms with Crippen LogP contribution in [0.3, 0.4) is 0 Å². The lowest BCUT2D eigenvalue weighted by Gasteiger charge is -2.06. The predicted octanol–water partition coefficient (Wildman–Crippen LogP) is 2.44. The summed E-state index contributed by atoms with van der Waals surface area (Å²) in [5, 5.41) is 19.0. The maximum atomic E-state index is 10.8. The summed E-state index contributed by atoms with van der Waals surface area (Å²) in [7, 11) is 0. The first-order valence-electron chi connectivity index (χ1n) is 7.31. The Kier molecular flexibility index (Phi) is 5.64. The average molecular weight is 388 g/mol. The van der Waals surface area contributed by atoms with Crippen LogP contribution in [-0.4, -0.2) is 53.6 Å². The molecule has 0 radical (unpaired) electrons. The van der Waals surface area contributed by atoms with Crippen LogP contribution in [0.1, 0.15) is 0 Å². The van der Waals surface area contributed by atoms with Crippen LogP contribution in [0.15, 0.2) is 46.8 Å². The molecule has 8 nitrogen and oxygen atoms in total. The summed E-state index contributed by atoms with van der Waals surface area (Å²) in [6.45, 7) is 0. The zero-order valence-corrected chi connectivity index (χ0v) is 14.8. The Bertz CT molecular complexity index is 947. The van der Waals surface area contributed by atoms with Crippen LogP contribution in [0.25, 0.3) is 22.3 Å². The van der Waals surface area contributed by atoms with Gasteiger partial charge in [0.25, 0.3) is 0 Å². The molecule has 0 atom stereocenters. The van der Waals surface area contributed by atoms with Gasteiger partial charge in [-0.15, -0.1) is 0 Å². The van der Waals surface area contributed by atoms with Crippen LogP contribution in [0.4, 0.5) is 0 Å². The van der Waals surface area contributed by atoms with Crippen LogP contribution in [0.2, 0.25) is 0 Å². The van der Waals surface area contributed by atoms with Gasteiger partial charge in [-0.1, -0.05) is 41.7 Å². The van der Waals surface area contributed by atoms with Crippen molar-refractivity contribution in [3.63, 3.8) is 0 Å². The van der Waals surface area contributed by atoms with Crippen molar-refractivity contribution in [2.45, 2.75) is 10.3 Å². The maximum Gasteiger partial charge on any atom is 0.313 e. The van der Waals surface area contributed by atoms with Crippen molar-refractivity contribution in [2.24, 2.45) is 0 Å². The monoisotopic (exact) mass is 388 g/mol. The smallest absolute Gasteiger partial charge is 0.313 e. The van der Waals surface area contributed by atoms with Gasteiger partial charge >= 0.3 is 11.9 Å². The van der Waals surface area contributed by atoms with Crippen molar-refractivity contribution >= 4 is 46.4 Å². The number of nitrogens with zero attached hydrogens (tertiary/aromatic N) is 4. The lowest BCUT2D eigenvalue weighted by atomic mass is 10.1. The summed E-state index contributed by atoms with van der Waals surface area (Å²) in [6, 6.07) is 9.44. The fourth-order valence-corrected chi connectivity index (χ4v) is 3.21.